The predicted molar refractivity (Wildman–Crippen MR) is 146 cm³/mol. The normalized spacial score (nSPS) is 12.4. The minimum absolute atomic E-state index is 0.226. The highest BCUT2D eigenvalue weighted by Gasteiger charge is 2.31. The first-order chi connectivity index (χ1) is 16.0. The van der Waals surface area contributed by atoms with Crippen LogP contribution in [0.2, 0.25) is 0 Å². The fraction of sp³-hybridized carbons (Fsp3) is 1.00. The Hall–Kier alpha value is -0.160. The predicted octanol–water partition coefficient (Wildman–Crippen LogP) is 7.41. The molecule has 0 unspecified atom stereocenters. The third-order valence-corrected chi connectivity index (χ3v) is 6.49. The van der Waals surface area contributed by atoms with Crippen molar-refractivity contribution < 1.29 is 9.47 Å². The summed E-state index contributed by atoms with van der Waals surface area (Å²) in [6.07, 6.45) is 21.0. The SMILES string of the molecule is CCCCCCCCCCOCC(CCCCCCOCCCCC)(CN(C)C)CN(C)C. The lowest BCUT2D eigenvalue weighted by atomic mass is 9.82. The molecule has 0 heterocycles. The van der Waals surface area contributed by atoms with Gasteiger partial charge in [-0.15, -0.1) is 0 Å². The Balaban J connectivity index is 4.21. The third-order valence-electron chi connectivity index (χ3n) is 6.49. The van der Waals surface area contributed by atoms with Crippen LogP contribution < -0.4 is 0 Å². The molecule has 0 amide bonds. The molecule has 0 aliphatic rings. The third kappa shape index (κ3) is 22.1. The second kappa shape index (κ2) is 23.6. The first kappa shape index (κ1) is 32.8. The molecule has 0 aromatic heterocycles. The second-order valence-corrected chi connectivity index (χ2v) is 11.0. The van der Waals surface area contributed by atoms with Crippen molar-refractivity contribution in [3.05, 3.63) is 0 Å². The summed E-state index contributed by atoms with van der Waals surface area (Å²) in [5.41, 5.74) is 0.226. The zero-order valence-corrected chi connectivity index (χ0v) is 23.8. The van der Waals surface area contributed by atoms with Crippen molar-refractivity contribution in [1.82, 2.24) is 9.80 Å². The maximum Gasteiger partial charge on any atom is 0.0546 e. The Morgan fingerprint density at radius 3 is 1.39 bits per heavy atom. The van der Waals surface area contributed by atoms with Crippen LogP contribution in [-0.2, 0) is 9.47 Å². The minimum Gasteiger partial charge on any atom is -0.381 e. The summed E-state index contributed by atoms with van der Waals surface area (Å²) in [5.74, 6) is 0. The van der Waals surface area contributed by atoms with Crippen LogP contribution in [0.5, 0.6) is 0 Å². The van der Waals surface area contributed by atoms with Crippen molar-refractivity contribution in [3.8, 4) is 0 Å². The number of rotatable bonds is 26. The molecule has 0 aromatic carbocycles. The molecule has 0 atom stereocenters. The van der Waals surface area contributed by atoms with Gasteiger partial charge in [-0.25, -0.2) is 0 Å². The van der Waals surface area contributed by atoms with Crippen LogP contribution in [0.3, 0.4) is 0 Å². The Bertz CT molecular complexity index is 352. The monoisotopic (exact) mass is 470 g/mol. The summed E-state index contributed by atoms with van der Waals surface area (Å²) in [4.78, 5) is 4.71. The van der Waals surface area contributed by atoms with E-state index in [1.54, 1.807) is 0 Å². The molecule has 4 nitrogen and oxygen atoms in total. The molecule has 0 saturated heterocycles. The quantitative estimate of drug-likeness (QED) is 0.123. The van der Waals surface area contributed by atoms with Gasteiger partial charge in [-0.3, -0.25) is 0 Å². The van der Waals surface area contributed by atoms with Gasteiger partial charge >= 0.3 is 0 Å². The van der Waals surface area contributed by atoms with E-state index in [4.69, 9.17) is 9.47 Å². The molecule has 0 bridgehead atoms. The largest absolute Gasteiger partial charge is 0.381 e. The lowest BCUT2D eigenvalue weighted by Crippen LogP contribution is -2.45. The highest BCUT2D eigenvalue weighted by molar-refractivity contribution is 4.84. The Kier molecular flexibility index (Phi) is 23.5. The molecule has 0 aromatic rings. The summed E-state index contributed by atoms with van der Waals surface area (Å²) < 4.78 is 12.1. The smallest absolute Gasteiger partial charge is 0.0546 e. The average molecular weight is 471 g/mol. The lowest BCUT2D eigenvalue weighted by molar-refractivity contribution is 0.00423. The van der Waals surface area contributed by atoms with Crippen molar-refractivity contribution in [2.24, 2.45) is 5.41 Å². The van der Waals surface area contributed by atoms with Crippen molar-refractivity contribution in [1.29, 1.82) is 0 Å². The molecule has 0 radical (unpaired) electrons. The van der Waals surface area contributed by atoms with Crippen molar-refractivity contribution in [3.63, 3.8) is 0 Å². The lowest BCUT2D eigenvalue weighted by Gasteiger charge is -2.38. The van der Waals surface area contributed by atoms with Crippen LogP contribution in [0.4, 0.5) is 0 Å². The molecule has 0 spiro atoms. The van der Waals surface area contributed by atoms with Gasteiger partial charge in [0.25, 0.3) is 0 Å². The van der Waals surface area contributed by atoms with Crippen LogP contribution in [0.1, 0.15) is 117 Å². The Morgan fingerprint density at radius 2 is 0.879 bits per heavy atom. The van der Waals surface area contributed by atoms with Gasteiger partial charge in [-0.1, -0.05) is 90.9 Å². The second-order valence-electron chi connectivity index (χ2n) is 11.0. The van der Waals surface area contributed by atoms with E-state index in [1.807, 2.05) is 0 Å². The van der Waals surface area contributed by atoms with Crippen molar-refractivity contribution in [2.75, 3.05) is 67.7 Å². The van der Waals surface area contributed by atoms with E-state index in [1.165, 1.54) is 103 Å². The zero-order chi connectivity index (χ0) is 24.6. The Labute approximate surface area is 209 Å². The van der Waals surface area contributed by atoms with Gasteiger partial charge in [0, 0.05) is 38.3 Å². The van der Waals surface area contributed by atoms with Crippen LogP contribution >= 0.6 is 0 Å². The zero-order valence-electron chi connectivity index (χ0n) is 23.8. The first-order valence-electron chi connectivity index (χ1n) is 14.4. The van der Waals surface area contributed by atoms with Gasteiger partial charge in [0.05, 0.1) is 6.61 Å². The van der Waals surface area contributed by atoms with E-state index in [9.17, 15) is 0 Å². The summed E-state index contributed by atoms with van der Waals surface area (Å²) in [6.45, 7) is 10.4. The highest BCUT2D eigenvalue weighted by Crippen LogP contribution is 2.28. The number of ether oxygens (including phenoxy) is 2. The minimum atomic E-state index is 0.226. The maximum absolute atomic E-state index is 6.32. The highest BCUT2D eigenvalue weighted by atomic mass is 16.5. The molecule has 0 aliphatic heterocycles. The fourth-order valence-electron chi connectivity index (χ4n) is 4.95. The van der Waals surface area contributed by atoms with Crippen LogP contribution in [-0.4, -0.2) is 77.5 Å². The topological polar surface area (TPSA) is 24.9 Å². The maximum atomic E-state index is 6.32. The van der Waals surface area contributed by atoms with E-state index < -0.39 is 0 Å². The van der Waals surface area contributed by atoms with Gasteiger partial charge < -0.3 is 19.3 Å². The summed E-state index contributed by atoms with van der Waals surface area (Å²) in [5, 5.41) is 0. The molecule has 0 rings (SSSR count). The average Bonchev–Trinajstić information content (AvgIpc) is 2.75. The number of unbranched alkanes of at least 4 members (excludes halogenated alkanes) is 12. The summed E-state index contributed by atoms with van der Waals surface area (Å²) in [6, 6.07) is 0. The van der Waals surface area contributed by atoms with Crippen molar-refractivity contribution in [2.45, 2.75) is 117 Å². The van der Waals surface area contributed by atoms with Gasteiger partial charge in [-0.2, -0.15) is 0 Å². The van der Waals surface area contributed by atoms with Gasteiger partial charge in [0.2, 0.25) is 0 Å². The molecular formula is C29H62N2O2. The van der Waals surface area contributed by atoms with E-state index in [2.05, 4.69) is 51.8 Å². The summed E-state index contributed by atoms with van der Waals surface area (Å²) in [7, 11) is 8.83. The molecule has 33 heavy (non-hydrogen) atoms. The van der Waals surface area contributed by atoms with Gasteiger partial charge in [0.1, 0.15) is 0 Å². The van der Waals surface area contributed by atoms with E-state index >= 15 is 0 Å². The molecule has 0 N–H and O–H groups in total. The molecule has 200 valence electrons. The van der Waals surface area contributed by atoms with Crippen molar-refractivity contribution >= 4 is 0 Å². The van der Waals surface area contributed by atoms with Crippen LogP contribution in [0, 0.1) is 5.41 Å². The molecular weight excluding hydrogens is 408 g/mol. The Morgan fingerprint density at radius 1 is 0.485 bits per heavy atom. The molecule has 0 aliphatic carbocycles. The van der Waals surface area contributed by atoms with E-state index in [0.717, 1.165) is 39.5 Å². The van der Waals surface area contributed by atoms with Crippen LogP contribution in [0.15, 0.2) is 0 Å². The number of hydrogen-bond donors (Lipinski definition) is 0. The van der Waals surface area contributed by atoms with E-state index in [0.29, 0.717) is 0 Å². The fourth-order valence-corrected chi connectivity index (χ4v) is 4.95. The summed E-state index contributed by atoms with van der Waals surface area (Å²) >= 11 is 0. The standard InChI is InChI=1S/C29H62N2O2/c1-7-9-11-12-13-14-16-21-25-33-28-29(26-30(3)4,27-31(5)6)22-18-15-17-20-24-32-23-19-10-8-2/h7-28H2,1-6H3. The van der Waals surface area contributed by atoms with E-state index in [-0.39, 0.29) is 5.41 Å². The van der Waals surface area contributed by atoms with Gasteiger partial charge in [-0.05, 0) is 53.9 Å². The van der Waals surface area contributed by atoms with Crippen LogP contribution in [0.25, 0.3) is 0 Å². The number of nitrogens with zero attached hydrogens (tertiary/aromatic N) is 2. The first-order valence-corrected chi connectivity index (χ1v) is 14.4. The van der Waals surface area contributed by atoms with Gasteiger partial charge in [0.15, 0.2) is 0 Å². The number of hydrogen-bond acceptors (Lipinski definition) is 4. The molecule has 0 saturated carbocycles. The molecule has 0 fully saturated rings. The molecule has 4 heteroatoms.